The van der Waals surface area contributed by atoms with Gasteiger partial charge in [0, 0.05) is 41.6 Å². The fraction of sp³-hybridized carbons (Fsp3) is 0.579. The van der Waals surface area contributed by atoms with Gasteiger partial charge in [-0.05, 0) is 56.9 Å². The van der Waals surface area contributed by atoms with Gasteiger partial charge in [0.05, 0.1) is 0 Å². The molecule has 136 valence electrons. The molecule has 4 nitrogen and oxygen atoms in total. The Kier molecular flexibility index (Phi) is 5.67. The number of benzene rings is 1. The van der Waals surface area contributed by atoms with E-state index in [0.717, 1.165) is 37.2 Å². The predicted molar refractivity (Wildman–Crippen MR) is 96.9 cm³/mol. The Morgan fingerprint density at radius 1 is 1.32 bits per heavy atom. The monoisotopic (exact) mass is 364 g/mol. The van der Waals surface area contributed by atoms with Gasteiger partial charge in [-0.25, -0.2) is 4.39 Å². The van der Waals surface area contributed by atoms with Crippen LogP contribution in [-0.2, 0) is 9.59 Å². The standard InChI is InChI=1S/C19H25FN2O2S/c1-19(10-6-17(23)21-19)11-7-18(24)22-12-8-16(9-13-22)25-15-4-2-14(20)3-5-15/h2-5,16H,6-13H2,1H3,(H,21,23)/t19-/m1/s1. The number of thioether (sulfide) groups is 1. The number of hydrogen-bond acceptors (Lipinski definition) is 3. The van der Waals surface area contributed by atoms with Gasteiger partial charge in [-0.3, -0.25) is 9.59 Å². The molecule has 6 heteroatoms. The molecule has 0 unspecified atom stereocenters. The van der Waals surface area contributed by atoms with Crippen LogP contribution < -0.4 is 5.32 Å². The van der Waals surface area contributed by atoms with Gasteiger partial charge in [-0.15, -0.1) is 11.8 Å². The van der Waals surface area contributed by atoms with Gasteiger partial charge in [-0.2, -0.15) is 0 Å². The second kappa shape index (κ2) is 7.77. The number of nitrogens with zero attached hydrogens (tertiary/aromatic N) is 1. The topological polar surface area (TPSA) is 49.4 Å². The second-order valence-electron chi connectivity index (χ2n) is 7.26. The Hall–Kier alpha value is -1.56. The highest BCUT2D eigenvalue weighted by Crippen LogP contribution is 2.31. The molecule has 0 saturated carbocycles. The van der Waals surface area contributed by atoms with E-state index in [2.05, 4.69) is 5.32 Å². The van der Waals surface area contributed by atoms with Crippen LogP contribution in [0.15, 0.2) is 29.2 Å². The van der Waals surface area contributed by atoms with E-state index in [1.165, 1.54) is 12.1 Å². The van der Waals surface area contributed by atoms with Crippen molar-refractivity contribution < 1.29 is 14.0 Å². The minimum Gasteiger partial charge on any atom is -0.351 e. The Balaban J connectivity index is 1.41. The van der Waals surface area contributed by atoms with Crippen molar-refractivity contribution >= 4 is 23.6 Å². The molecule has 2 aliphatic heterocycles. The first-order chi connectivity index (χ1) is 11.9. The average Bonchev–Trinajstić information content (AvgIpc) is 2.95. The van der Waals surface area contributed by atoms with Crippen LogP contribution >= 0.6 is 11.8 Å². The Morgan fingerprint density at radius 2 is 2.00 bits per heavy atom. The quantitative estimate of drug-likeness (QED) is 0.872. The molecule has 1 N–H and O–H groups in total. The van der Waals surface area contributed by atoms with Gasteiger partial charge < -0.3 is 10.2 Å². The van der Waals surface area contributed by atoms with Crippen LogP contribution in [0.4, 0.5) is 4.39 Å². The van der Waals surface area contributed by atoms with Crippen molar-refractivity contribution in [1.29, 1.82) is 0 Å². The lowest BCUT2D eigenvalue weighted by Gasteiger charge is -2.33. The third-order valence-corrected chi connectivity index (χ3v) is 6.50. The lowest BCUT2D eigenvalue weighted by molar-refractivity contribution is -0.132. The Morgan fingerprint density at radius 3 is 2.60 bits per heavy atom. The summed E-state index contributed by atoms with van der Waals surface area (Å²) in [6, 6.07) is 6.61. The number of rotatable bonds is 5. The van der Waals surface area contributed by atoms with E-state index >= 15 is 0 Å². The number of amides is 2. The van der Waals surface area contributed by atoms with Crippen LogP contribution in [0.5, 0.6) is 0 Å². The first kappa shape index (κ1) is 18.2. The van der Waals surface area contributed by atoms with Gasteiger partial charge >= 0.3 is 0 Å². The number of hydrogen-bond donors (Lipinski definition) is 1. The number of piperidine rings is 1. The van der Waals surface area contributed by atoms with E-state index in [1.807, 2.05) is 24.0 Å². The summed E-state index contributed by atoms with van der Waals surface area (Å²) in [6.07, 6.45) is 4.50. The third-order valence-electron chi connectivity index (χ3n) is 5.15. The normalized spacial score (nSPS) is 24.4. The van der Waals surface area contributed by atoms with Gasteiger partial charge in [0.1, 0.15) is 5.82 Å². The first-order valence-corrected chi connectivity index (χ1v) is 9.82. The van der Waals surface area contributed by atoms with Crippen molar-refractivity contribution in [1.82, 2.24) is 10.2 Å². The molecular weight excluding hydrogens is 339 g/mol. The molecule has 0 radical (unpaired) electrons. The van der Waals surface area contributed by atoms with E-state index in [1.54, 1.807) is 11.8 Å². The van der Waals surface area contributed by atoms with E-state index in [0.29, 0.717) is 24.5 Å². The van der Waals surface area contributed by atoms with Crippen LogP contribution in [0.25, 0.3) is 0 Å². The van der Waals surface area contributed by atoms with E-state index in [9.17, 15) is 14.0 Å². The minimum atomic E-state index is -0.219. The molecule has 2 heterocycles. The van der Waals surface area contributed by atoms with Crippen molar-refractivity contribution in [3.05, 3.63) is 30.1 Å². The smallest absolute Gasteiger partial charge is 0.222 e. The number of carbonyl (C=O) groups is 2. The van der Waals surface area contributed by atoms with Crippen LogP contribution in [0, 0.1) is 5.82 Å². The molecule has 0 spiro atoms. The van der Waals surface area contributed by atoms with Crippen molar-refractivity contribution in [3.8, 4) is 0 Å². The summed E-state index contributed by atoms with van der Waals surface area (Å²) in [5.41, 5.74) is -0.219. The van der Waals surface area contributed by atoms with Crippen molar-refractivity contribution in [2.75, 3.05) is 13.1 Å². The van der Waals surface area contributed by atoms with E-state index in [-0.39, 0.29) is 23.2 Å². The molecule has 0 bridgehead atoms. The molecule has 1 aromatic carbocycles. The molecular formula is C19H25FN2O2S. The van der Waals surface area contributed by atoms with Gasteiger partial charge in [0.2, 0.25) is 11.8 Å². The van der Waals surface area contributed by atoms with Crippen molar-refractivity contribution in [2.24, 2.45) is 0 Å². The van der Waals surface area contributed by atoms with Gasteiger partial charge in [0.25, 0.3) is 0 Å². The van der Waals surface area contributed by atoms with Crippen LogP contribution in [0.1, 0.15) is 45.4 Å². The maximum Gasteiger partial charge on any atom is 0.222 e. The first-order valence-electron chi connectivity index (χ1n) is 8.95. The maximum atomic E-state index is 13.0. The summed E-state index contributed by atoms with van der Waals surface area (Å²) in [6.45, 7) is 3.58. The number of carbonyl (C=O) groups excluding carboxylic acids is 2. The second-order valence-corrected chi connectivity index (χ2v) is 8.63. The number of halogens is 1. The summed E-state index contributed by atoms with van der Waals surface area (Å²) in [4.78, 5) is 26.9. The third kappa shape index (κ3) is 4.97. The van der Waals surface area contributed by atoms with E-state index in [4.69, 9.17) is 0 Å². The van der Waals surface area contributed by atoms with Crippen molar-refractivity contribution in [2.45, 2.75) is 61.1 Å². The van der Waals surface area contributed by atoms with E-state index < -0.39 is 0 Å². The molecule has 2 aliphatic rings. The minimum absolute atomic E-state index is 0.0913. The van der Waals surface area contributed by atoms with Crippen LogP contribution in [0.3, 0.4) is 0 Å². The fourth-order valence-electron chi connectivity index (χ4n) is 3.51. The SMILES string of the molecule is C[C@]1(CCC(=O)N2CCC(Sc3ccc(F)cc3)CC2)CCC(=O)N1. The highest BCUT2D eigenvalue weighted by Gasteiger charge is 2.34. The number of nitrogens with one attached hydrogen (secondary N) is 1. The van der Waals surface area contributed by atoms with Crippen LogP contribution in [0.2, 0.25) is 0 Å². The van der Waals surface area contributed by atoms with Crippen molar-refractivity contribution in [3.63, 3.8) is 0 Å². The summed E-state index contributed by atoms with van der Waals surface area (Å²) in [7, 11) is 0. The zero-order valence-electron chi connectivity index (χ0n) is 14.6. The zero-order valence-corrected chi connectivity index (χ0v) is 15.4. The largest absolute Gasteiger partial charge is 0.351 e. The zero-order chi connectivity index (χ0) is 17.9. The highest BCUT2D eigenvalue weighted by atomic mass is 32.2. The highest BCUT2D eigenvalue weighted by molar-refractivity contribution is 8.00. The van der Waals surface area contributed by atoms with Gasteiger partial charge in [-0.1, -0.05) is 0 Å². The summed E-state index contributed by atoms with van der Waals surface area (Å²) >= 11 is 1.77. The molecule has 1 aromatic rings. The van der Waals surface area contributed by atoms with Gasteiger partial charge in [0.15, 0.2) is 0 Å². The molecule has 0 aliphatic carbocycles. The fourth-order valence-corrected chi connectivity index (χ4v) is 4.63. The summed E-state index contributed by atoms with van der Waals surface area (Å²) in [5, 5.41) is 3.46. The molecule has 2 fully saturated rings. The molecule has 25 heavy (non-hydrogen) atoms. The molecule has 0 aromatic heterocycles. The number of likely N-dealkylation sites (tertiary alicyclic amines) is 1. The predicted octanol–water partition coefficient (Wildman–Crippen LogP) is 3.36. The molecule has 1 atom stereocenters. The van der Waals surface area contributed by atoms with Crippen LogP contribution in [-0.4, -0.2) is 40.6 Å². The lowest BCUT2D eigenvalue weighted by atomic mass is 9.93. The summed E-state index contributed by atoms with van der Waals surface area (Å²) < 4.78 is 13.0. The molecule has 3 rings (SSSR count). The molecule has 2 saturated heterocycles. The Labute approximate surface area is 152 Å². The lowest BCUT2D eigenvalue weighted by Crippen LogP contribution is -2.42. The average molecular weight is 364 g/mol. The molecule has 2 amide bonds. The Bertz CT molecular complexity index is 629. The summed E-state index contributed by atoms with van der Waals surface area (Å²) in [5.74, 6) is 0.0677. The maximum absolute atomic E-state index is 13.0.